The molecule has 1 saturated heterocycles. The first-order valence-electron chi connectivity index (χ1n) is 10.1. The average Bonchev–Trinajstić information content (AvgIpc) is 2.78. The van der Waals surface area contributed by atoms with E-state index < -0.39 is 0 Å². The summed E-state index contributed by atoms with van der Waals surface area (Å²) in [6.07, 6.45) is 1.66. The number of piperazine rings is 1. The summed E-state index contributed by atoms with van der Waals surface area (Å²) >= 11 is 0. The fourth-order valence-electron chi connectivity index (χ4n) is 3.89. The highest BCUT2D eigenvalue weighted by atomic mass is 16.5. The average molecular weight is 410 g/mol. The second-order valence-corrected chi connectivity index (χ2v) is 7.36. The summed E-state index contributed by atoms with van der Waals surface area (Å²) in [5.41, 5.74) is 0.899. The fourth-order valence-corrected chi connectivity index (χ4v) is 3.89. The molecule has 0 bridgehead atoms. The second kappa shape index (κ2) is 8.37. The molecule has 0 aliphatic carbocycles. The number of hydrogen-bond acceptors (Lipinski definition) is 6. The highest BCUT2D eigenvalue weighted by Gasteiger charge is 2.24. The molecule has 3 aromatic rings. The Hall–Kier alpha value is -3.04. The number of pyridine rings is 2. The van der Waals surface area contributed by atoms with Crippen molar-refractivity contribution in [2.24, 2.45) is 0 Å². The fraction of sp³-hybridized carbons (Fsp3) is 0.429. The minimum absolute atomic E-state index is 0.0506. The Morgan fingerprint density at radius 2 is 2.00 bits per heavy atom. The molecular weight excluding hydrogens is 384 g/mol. The number of aromatic nitrogens is 3. The zero-order chi connectivity index (χ0) is 21.3. The Kier molecular flexibility index (Phi) is 5.65. The second-order valence-electron chi connectivity index (χ2n) is 7.36. The van der Waals surface area contributed by atoms with E-state index in [1.165, 1.54) is 10.5 Å². The van der Waals surface area contributed by atoms with Crippen LogP contribution in [0.4, 0.5) is 0 Å². The maximum absolute atomic E-state index is 13.3. The number of hydrogen-bond donors (Lipinski definition) is 1. The van der Waals surface area contributed by atoms with Crippen molar-refractivity contribution in [3.63, 3.8) is 0 Å². The van der Waals surface area contributed by atoms with Crippen LogP contribution in [0, 0.1) is 5.41 Å². The molecule has 1 amide bonds. The van der Waals surface area contributed by atoms with Gasteiger partial charge >= 0.3 is 0 Å². The molecule has 0 aromatic carbocycles. The van der Waals surface area contributed by atoms with Crippen LogP contribution in [0.3, 0.4) is 0 Å². The Morgan fingerprint density at radius 3 is 2.70 bits per heavy atom. The lowest BCUT2D eigenvalue weighted by atomic mass is 10.1. The number of nitrogens with zero attached hydrogens (tertiary/aromatic N) is 5. The smallest absolute Gasteiger partial charge is 0.267 e. The van der Waals surface area contributed by atoms with Crippen LogP contribution in [0.25, 0.3) is 16.7 Å². The van der Waals surface area contributed by atoms with Crippen molar-refractivity contribution < 1.29 is 9.53 Å². The first-order valence-corrected chi connectivity index (χ1v) is 10.1. The summed E-state index contributed by atoms with van der Waals surface area (Å²) in [6.45, 7) is 6.55. The van der Waals surface area contributed by atoms with Gasteiger partial charge < -0.3 is 19.1 Å². The predicted octanol–water partition coefficient (Wildman–Crippen LogP) is 0.553. The Morgan fingerprint density at radius 1 is 1.23 bits per heavy atom. The molecule has 30 heavy (non-hydrogen) atoms. The van der Waals surface area contributed by atoms with Gasteiger partial charge in [0.2, 0.25) is 0 Å². The van der Waals surface area contributed by atoms with Crippen LogP contribution in [0.2, 0.25) is 0 Å². The molecule has 0 radical (unpaired) electrons. The van der Waals surface area contributed by atoms with Gasteiger partial charge in [-0.2, -0.15) is 0 Å². The molecule has 1 aliphatic heterocycles. The molecule has 158 valence electrons. The normalized spacial score (nSPS) is 15.2. The standard InChI is InChI=1S/C21H26N6O3/c1-3-24-8-10-25(11-9-24)20(28)15-14-16-19(27(18(15)22)12-13-30-2)23-17-6-4-5-7-26(17)21(16)29/h4-7,14,22H,3,8-13H2,1-2H3. The van der Waals surface area contributed by atoms with E-state index in [2.05, 4.69) is 16.8 Å². The molecule has 1 aliphatic rings. The van der Waals surface area contributed by atoms with E-state index >= 15 is 0 Å². The lowest BCUT2D eigenvalue weighted by Crippen LogP contribution is -2.49. The summed E-state index contributed by atoms with van der Waals surface area (Å²) in [5, 5.41) is 9.03. The van der Waals surface area contributed by atoms with Crippen LogP contribution in [-0.2, 0) is 11.3 Å². The molecule has 0 atom stereocenters. The van der Waals surface area contributed by atoms with Gasteiger partial charge in [-0.3, -0.25) is 19.4 Å². The third-order valence-electron chi connectivity index (χ3n) is 5.67. The van der Waals surface area contributed by atoms with Gasteiger partial charge in [0.05, 0.1) is 17.6 Å². The maximum atomic E-state index is 13.3. The number of amides is 1. The number of carbonyl (C=O) groups excluding carboxylic acids is 1. The molecule has 1 fully saturated rings. The van der Waals surface area contributed by atoms with Crippen LogP contribution in [-0.4, -0.2) is 76.1 Å². The molecule has 4 rings (SSSR count). The molecule has 1 N–H and O–H groups in total. The number of ether oxygens (including phenoxy) is 1. The van der Waals surface area contributed by atoms with Crippen molar-refractivity contribution in [2.45, 2.75) is 13.5 Å². The summed E-state index contributed by atoms with van der Waals surface area (Å²) in [6, 6.07) is 6.85. The highest BCUT2D eigenvalue weighted by molar-refractivity contribution is 5.97. The van der Waals surface area contributed by atoms with Crippen molar-refractivity contribution in [2.75, 3.05) is 46.4 Å². The third-order valence-corrected chi connectivity index (χ3v) is 5.67. The lowest BCUT2D eigenvalue weighted by molar-refractivity contribution is 0.0640. The van der Waals surface area contributed by atoms with Gasteiger partial charge in [0, 0.05) is 46.0 Å². The summed E-state index contributed by atoms with van der Waals surface area (Å²) < 4.78 is 8.25. The molecule has 0 spiro atoms. The highest BCUT2D eigenvalue weighted by Crippen LogP contribution is 2.13. The van der Waals surface area contributed by atoms with Gasteiger partial charge in [-0.25, -0.2) is 4.98 Å². The first-order chi connectivity index (χ1) is 14.5. The van der Waals surface area contributed by atoms with Gasteiger partial charge in [0.1, 0.15) is 16.8 Å². The van der Waals surface area contributed by atoms with Crippen molar-refractivity contribution >= 4 is 22.6 Å². The molecule has 4 heterocycles. The van der Waals surface area contributed by atoms with E-state index in [0.29, 0.717) is 42.9 Å². The van der Waals surface area contributed by atoms with Gasteiger partial charge in [-0.05, 0) is 24.7 Å². The molecule has 9 nitrogen and oxygen atoms in total. The maximum Gasteiger partial charge on any atom is 0.267 e. The van der Waals surface area contributed by atoms with Gasteiger partial charge in [-0.15, -0.1) is 0 Å². The minimum atomic E-state index is -0.258. The topological polar surface area (TPSA) is 95.9 Å². The first kappa shape index (κ1) is 20.2. The SMILES string of the molecule is CCN1CCN(C(=O)c2cc3c(=O)n4ccccc4nc3n(CCOC)c2=N)CC1. The Balaban J connectivity index is 1.88. The van der Waals surface area contributed by atoms with Crippen molar-refractivity contribution in [1.29, 1.82) is 5.41 Å². The molecule has 0 unspecified atom stereocenters. The number of carbonyl (C=O) groups is 1. The molecule has 9 heteroatoms. The largest absolute Gasteiger partial charge is 0.383 e. The van der Waals surface area contributed by atoms with E-state index in [1.807, 2.05) is 6.07 Å². The Bertz CT molecular complexity index is 1210. The summed E-state index contributed by atoms with van der Waals surface area (Å²) in [5.74, 6) is -0.221. The monoisotopic (exact) mass is 410 g/mol. The number of fused-ring (bicyclic) bond motifs is 2. The number of methoxy groups -OCH3 is 1. The van der Waals surface area contributed by atoms with Crippen molar-refractivity contribution in [3.05, 3.63) is 51.9 Å². The predicted molar refractivity (Wildman–Crippen MR) is 113 cm³/mol. The van der Waals surface area contributed by atoms with Crippen LogP contribution < -0.4 is 11.0 Å². The number of nitrogens with one attached hydrogen (secondary N) is 1. The van der Waals surface area contributed by atoms with Gasteiger partial charge in [0.25, 0.3) is 11.5 Å². The minimum Gasteiger partial charge on any atom is -0.383 e. The zero-order valence-electron chi connectivity index (χ0n) is 17.3. The van der Waals surface area contributed by atoms with Crippen LogP contribution in [0.1, 0.15) is 17.3 Å². The van der Waals surface area contributed by atoms with Crippen LogP contribution in [0.5, 0.6) is 0 Å². The molecular formula is C21H26N6O3. The van der Waals surface area contributed by atoms with Gasteiger partial charge in [0.15, 0.2) is 0 Å². The molecule has 3 aromatic heterocycles. The Labute approximate surface area is 173 Å². The van der Waals surface area contributed by atoms with Crippen LogP contribution in [0.15, 0.2) is 35.3 Å². The zero-order valence-corrected chi connectivity index (χ0v) is 17.3. The van der Waals surface area contributed by atoms with Crippen molar-refractivity contribution in [1.82, 2.24) is 23.8 Å². The van der Waals surface area contributed by atoms with Gasteiger partial charge in [-0.1, -0.05) is 13.0 Å². The van der Waals surface area contributed by atoms with E-state index in [0.717, 1.165) is 19.6 Å². The van der Waals surface area contributed by atoms with Crippen LogP contribution >= 0.6 is 0 Å². The van der Waals surface area contributed by atoms with E-state index in [9.17, 15) is 9.59 Å². The van der Waals surface area contributed by atoms with E-state index in [1.54, 1.807) is 34.9 Å². The summed E-state index contributed by atoms with van der Waals surface area (Å²) in [4.78, 5) is 35.1. The quantitative estimate of drug-likeness (QED) is 0.620. The van der Waals surface area contributed by atoms with E-state index in [4.69, 9.17) is 10.1 Å². The van der Waals surface area contributed by atoms with Crippen molar-refractivity contribution in [3.8, 4) is 0 Å². The summed E-state index contributed by atoms with van der Waals surface area (Å²) in [7, 11) is 1.58. The third kappa shape index (κ3) is 3.50. The lowest BCUT2D eigenvalue weighted by Gasteiger charge is -2.34. The molecule has 0 saturated carbocycles. The number of likely N-dealkylation sites (N-methyl/N-ethyl adjacent to an activating group) is 1. The number of rotatable bonds is 5. The van der Waals surface area contributed by atoms with E-state index in [-0.39, 0.29) is 22.5 Å².